The summed E-state index contributed by atoms with van der Waals surface area (Å²) in [6.45, 7) is 2.77. The van der Waals surface area contributed by atoms with Crippen molar-refractivity contribution >= 4 is 23.4 Å². The van der Waals surface area contributed by atoms with E-state index in [9.17, 15) is 4.79 Å². The molecule has 3 rings (SSSR count). The summed E-state index contributed by atoms with van der Waals surface area (Å²) in [6.07, 6.45) is 0.665. The fourth-order valence-corrected chi connectivity index (χ4v) is 3.69. The van der Waals surface area contributed by atoms with Gasteiger partial charge in [-0.05, 0) is 36.8 Å². The number of ether oxygens (including phenoxy) is 2. The van der Waals surface area contributed by atoms with Gasteiger partial charge in [-0.15, -0.1) is 10.2 Å². The van der Waals surface area contributed by atoms with Gasteiger partial charge in [0.05, 0.1) is 25.7 Å². The van der Waals surface area contributed by atoms with Crippen LogP contribution in [0.25, 0.3) is 0 Å². The van der Waals surface area contributed by atoms with Crippen LogP contribution in [0, 0.1) is 0 Å². The van der Waals surface area contributed by atoms with E-state index in [0.29, 0.717) is 17.9 Å². The quantitative estimate of drug-likeness (QED) is 0.541. The van der Waals surface area contributed by atoms with Crippen molar-refractivity contribution in [1.82, 2.24) is 14.8 Å². The Balaban J connectivity index is 1.63. The Labute approximate surface area is 174 Å². The minimum atomic E-state index is -0.123. The average Bonchev–Trinajstić information content (AvgIpc) is 3.14. The number of nitrogens with one attached hydrogen (secondary N) is 1. The van der Waals surface area contributed by atoms with Crippen LogP contribution in [0.1, 0.15) is 18.3 Å². The number of hydrogen-bond donors (Lipinski definition) is 1. The van der Waals surface area contributed by atoms with Gasteiger partial charge in [0.15, 0.2) is 5.16 Å². The van der Waals surface area contributed by atoms with Gasteiger partial charge < -0.3 is 19.4 Å². The summed E-state index contributed by atoms with van der Waals surface area (Å²) in [4.78, 5) is 12.4. The molecule has 0 saturated carbocycles. The number of para-hydroxylation sites is 2. The molecule has 29 heavy (non-hydrogen) atoms. The van der Waals surface area contributed by atoms with Crippen LogP contribution in [0.15, 0.2) is 53.7 Å². The summed E-state index contributed by atoms with van der Waals surface area (Å²) in [5.41, 5.74) is 1.77. The smallest absolute Gasteiger partial charge is 0.234 e. The van der Waals surface area contributed by atoms with Crippen molar-refractivity contribution in [3.05, 3.63) is 59.9 Å². The van der Waals surface area contributed by atoms with Crippen LogP contribution in [0.2, 0.25) is 0 Å². The molecule has 1 aromatic heterocycles. The van der Waals surface area contributed by atoms with Crippen molar-refractivity contribution in [3.8, 4) is 11.5 Å². The third-order valence-corrected chi connectivity index (χ3v) is 5.31. The number of hydrogen-bond acceptors (Lipinski definition) is 6. The van der Waals surface area contributed by atoms with Gasteiger partial charge in [0.1, 0.15) is 17.3 Å². The van der Waals surface area contributed by atoms with E-state index in [0.717, 1.165) is 28.8 Å². The van der Waals surface area contributed by atoms with Gasteiger partial charge in [-0.1, -0.05) is 36.0 Å². The number of rotatable bonds is 9. The molecule has 1 heterocycles. The molecule has 0 spiro atoms. The van der Waals surface area contributed by atoms with Gasteiger partial charge in [-0.25, -0.2) is 0 Å². The molecule has 0 aliphatic rings. The van der Waals surface area contributed by atoms with Gasteiger partial charge in [-0.3, -0.25) is 4.79 Å². The minimum absolute atomic E-state index is 0.123. The first-order valence-electron chi connectivity index (χ1n) is 9.25. The summed E-state index contributed by atoms with van der Waals surface area (Å²) in [5.74, 6) is 2.43. The SMILES string of the molecule is CCn1c(Cc2ccc(OC)cc2)nnc1SCC(=O)Nc1ccccc1OC. The van der Waals surface area contributed by atoms with E-state index in [-0.39, 0.29) is 11.7 Å². The Kier molecular flexibility index (Phi) is 7.13. The number of carbonyl (C=O) groups excluding carboxylic acids is 1. The first-order chi connectivity index (χ1) is 14.1. The zero-order valence-corrected chi connectivity index (χ0v) is 17.5. The van der Waals surface area contributed by atoms with Crippen LogP contribution < -0.4 is 14.8 Å². The average molecular weight is 413 g/mol. The zero-order valence-electron chi connectivity index (χ0n) is 16.7. The summed E-state index contributed by atoms with van der Waals surface area (Å²) in [7, 11) is 3.23. The second kappa shape index (κ2) is 9.97. The van der Waals surface area contributed by atoms with E-state index in [1.54, 1.807) is 14.2 Å². The lowest BCUT2D eigenvalue weighted by molar-refractivity contribution is -0.113. The van der Waals surface area contributed by atoms with E-state index < -0.39 is 0 Å². The Bertz CT molecular complexity index is 957. The molecule has 1 amide bonds. The number of thioether (sulfide) groups is 1. The number of anilines is 1. The van der Waals surface area contributed by atoms with Crippen LogP contribution in [0.5, 0.6) is 11.5 Å². The molecule has 0 atom stereocenters. The molecular weight excluding hydrogens is 388 g/mol. The number of nitrogens with zero attached hydrogens (tertiary/aromatic N) is 3. The predicted octanol–water partition coefficient (Wildman–Crippen LogP) is 3.64. The summed E-state index contributed by atoms with van der Waals surface area (Å²) < 4.78 is 12.5. The van der Waals surface area contributed by atoms with Gasteiger partial charge in [0.2, 0.25) is 5.91 Å². The maximum Gasteiger partial charge on any atom is 0.234 e. The summed E-state index contributed by atoms with van der Waals surface area (Å²) >= 11 is 1.37. The number of carbonyl (C=O) groups is 1. The molecule has 0 unspecified atom stereocenters. The van der Waals surface area contributed by atoms with Crippen LogP contribution in [-0.2, 0) is 17.8 Å². The molecule has 0 aliphatic heterocycles. The highest BCUT2D eigenvalue weighted by Crippen LogP contribution is 2.24. The fraction of sp³-hybridized carbons (Fsp3) is 0.286. The third-order valence-electron chi connectivity index (χ3n) is 4.34. The number of benzene rings is 2. The first-order valence-corrected chi connectivity index (χ1v) is 10.2. The standard InChI is InChI=1S/C21H24N4O3S/c1-4-25-19(13-15-9-11-16(27-2)12-10-15)23-24-21(25)29-14-20(26)22-17-7-5-6-8-18(17)28-3/h5-12H,4,13-14H2,1-3H3,(H,22,26). The van der Waals surface area contributed by atoms with Crippen molar-refractivity contribution in [3.63, 3.8) is 0 Å². The summed E-state index contributed by atoms with van der Waals surface area (Å²) in [5, 5.41) is 12.2. The van der Waals surface area contributed by atoms with E-state index in [1.807, 2.05) is 60.0 Å². The molecule has 1 N–H and O–H groups in total. The lowest BCUT2D eigenvalue weighted by atomic mass is 10.1. The topological polar surface area (TPSA) is 78.3 Å². The van der Waals surface area contributed by atoms with E-state index in [2.05, 4.69) is 15.5 Å². The largest absolute Gasteiger partial charge is 0.497 e. The first kappa shape index (κ1) is 20.7. The third kappa shape index (κ3) is 5.29. The highest BCUT2D eigenvalue weighted by molar-refractivity contribution is 7.99. The van der Waals surface area contributed by atoms with Crippen LogP contribution >= 0.6 is 11.8 Å². The zero-order chi connectivity index (χ0) is 20.6. The predicted molar refractivity (Wildman–Crippen MR) is 114 cm³/mol. The Morgan fingerprint density at radius 2 is 1.83 bits per heavy atom. The maximum absolute atomic E-state index is 12.4. The van der Waals surface area contributed by atoms with E-state index >= 15 is 0 Å². The Hall–Kier alpha value is -3.00. The van der Waals surface area contributed by atoms with Crippen LogP contribution in [0.3, 0.4) is 0 Å². The minimum Gasteiger partial charge on any atom is -0.497 e. The lowest BCUT2D eigenvalue weighted by Gasteiger charge is -2.10. The molecule has 152 valence electrons. The number of amides is 1. The maximum atomic E-state index is 12.4. The van der Waals surface area contributed by atoms with E-state index in [4.69, 9.17) is 9.47 Å². The molecule has 3 aromatic rings. The van der Waals surface area contributed by atoms with Gasteiger partial charge in [-0.2, -0.15) is 0 Å². The van der Waals surface area contributed by atoms with Crippen molar-refractivity contribution in [1.29, 1.82) is 0 Å². The lowest BCUT2D eigenvalue weighted by Crippen LogP contribution is -2.15. The van der Waals surface area contributed by atoms with Gasteiger partial charge >= 0.3 is 0 Å². The molecule has 2 aromatic carbocycles. The molecule has 0 fully saturated rings. The second-order valence-electron chi connectivity index (χ2n) is 6.21. The van der Waals surface area contributed by atoms with Crippen molar-refractivity contribution < 1.29 is 14.3 Å². The Morgan fingerprint density at radius 3 is 2.52 bits per heavy atom. The highest BCUT2D eigenvalue weighted by atomic mass is 32.2. The van der Waals surface area contributed by atoms with Gasteiger partial charge in [0, 0.05) is 13.0 Å². The molecule has 0 radical (unpaired) electrons. The number of aromatic nitrogens is 3. The molecule has 8 heteroatoms. The molecule has 0 bridgehead atoms. The molecule has 0 aliphatic carbocycles. The van der Waals surface area contributed by atoms with Gasteiger partial charge in [0.25, 0.3) is 0 Å². The Morgan fingerprint density at radius 1 is 1.07 bits per heavy atom. The van der Waals surface area contributed by atoms with Crippen molar-refractivity contribution in [2.24, 2.45) is 0 Å². The second-order valence-corrected chi connectivity index (χ2v) is 7.15. The summed E-state index contributed by atoms with van der Waals surface area (Å²) in [6, 6.07) is 15.2. The normalized spacial score (nSPS) is 10.6. The molecule has 0 saturated heterocycles. The fourth-order valence-electron chi connectivity index (χ4n) is 2.86. The monoisotopic (exact) mass is 412 g/mol. The molecular formula is C21H24N4O3S. The number of methoxy groups -OCH3 is 2. The molecule has 7 nitrogen and oxygen atoms in total. The van der Waals surface area contributed by atoms with Crippen molar-refractivity contribution in [2.75, 3.05) is 25.3 Å². The van der Waals surface area contributed by atoms with Crippen LogP contribution in [-0.4, -0.2) is 40.6 Å². The van der Waals surface area contributed by atoms with Crippen molar-refractivity contribution in [2.45, 2.75) is 25.0 Å². The van der Waals surface area contributed by atoms with Crippen LogP contribution in [0.4, 0.5) is 5.69 Å². The highest BCUT2D eigenvalue weighted by Gasteiger charge is 2.14. The van der Waals surface area contributed by atoms with E-state index in [1.165, 1.54) is 11.8 Å².